The van der Waals surface area contributed by atoms with E-state index in [4.69, 9.17) is 0 Å². The average molecular weight is 349 g/mol. The summed E-state index contributed by atoms with van der Waals surface area (Å²) in [5.41, 5.74) is -0.0985. The van der Waals surface area contributed by atoms with Crippen LogP contribution in [-0.4, -0.2) is 37.9 Å². The van der Waals surface area contributed by atoms with Gasteiger partial charge in [0, 0.05) is 19.8 Å². The molecular formula is C16H19N3O4S. The van der Waals surface area contributed by atoms with Crippen molar-refractivity contribution in [3.05, 3.63) is 58.5 Å². The van der Waals surface area contributed by atoms with Crippen LogP contribution in [0.4, 0.5) is 5.69 Å². The van der Waals surface area contributed by atoms with Crippen molar-refractivity contribution in [2.75, 3.05) is 18.8 Å². The van der Waals surface area contributed by atoms with E-state index in [1.165, 1.54) is 27.7 Å². The smallest absolute Gasteiger partial charge is 0.275 e. The SMILES string of the molecule is Cc1ccc(NS(=O)(=O)c2ccccc2)c(=O)n1CC(=O)N(C)C. The van der Waals surface area contributed by atoms with E-state index in [-0.39, 0.29) is 23.0 Å². The van der Waals surface area contributed by atoms with E-state index in [1.807, 2.05) is 0 Å². The van der Waals surface area contributed by atoms with Gasteiger partial charge in [-0.3, -0.25) is 14.3 Å². The summed E-state index contributed by atoms with van der Waals surface area (Å²) in [4.78, 5) is 25.8. The topological polar surface area (TPSA) is 88.5 Å². The van der Waals surface area contributed by atoms with Crippen molar-refractivity contribution in [3.8, 4) is 0 Å². The van der Waals surface area contributed by atoms with Crippen LogP contribution in [0.25, 0.3) is 0 Å². The maximum atomic E-state index is 12.5. The lowest BCUT2D eigenvalue weighted by molar-refractivity contribution is -0.129. The molecule has 0 aliphatic rings. The largest absolute Gasteiger partial charge is 0.347 e. The van der Waals surface area contributed by atoms with Gasteiger partial charge in [-0.1, -0.05) is 18.2 Å². The van der Waals surface area contributed by atoms with Gasteiger partial charge in [0.15, 0.2) is 0 Å². The van der Waals surface area contributed by atoms with Crippen LogP contribution in [0.15, 0.2) is 52.2 Å². The molecule has 128 valence electrons. The Morgan fingerprint density at radius 2 is 1.75 bits per heavy atom. The number of aryl methyl sites for hydroxylation is 1. The first-order chi connectivity index (χ1) is 11.2. The van der Waals surface area contributed by atoms with Gasteiger partial charge in [-0.25, -0.2) is 8.42 Å². The van der Waals surface area contributed by atoms with Crippen LogP contribution in [0, 0.1) is 6.92 Å². The average Bonchev–Trinajstić information content (AvgIpc) is 2.54. The number of rotatable bonds is 5. The normalized spacial score (nSPS) is 11.1. The van der Waals surface area contributed by atoms with Crippen LogP contribution in [0.1, 0.15) is 5.69 Å². The molecule has 1 aromatic heterocycles. The second-order valence-corrected chi connectivity index (χ2v) is 7.17. The summed E-state index contributed by atoms with van der Waals surface area (Å²) in [6, 6.07) is 10.7. The van der Waals surface area contributed by atoms with Gasteiger partial charge in [-0.15, -0.1) is 0 Å². The summed E-state index contributed by atoms with van der Waals surface area (Å²) < 4.78 is 28.2. The van der Waals surface area contributed by atoms with Crippen molar-refractivity contribution < 1.29 is 13.2 Å². The van der Waals surface area contributed by atoms with Gasteiger partial charge in [0.25, 0.3) is 15.6 Å². The Morgan fingerprint density at radius 3 is 2.33 bits per heavy atom. The summed E-state index contributed by atoms with van der Waals surface area (Å²) in [6.07, 6.45) is 0. The molecule has 1 N–H and O–H groups in total. The maximum Gasteiger partial charge on any atom is 0.275 e. The number of hydrogen-bond donors (Lipinski definition) is 1. The number of carbonyl (C=O) groups is 1. The lowest BCUT2D eigenvalue weighted by Gasteiger charge is -2.15. The molecule has 2 aromatic rings. The summed E-state index contributed by atoms with van der Waals surface area (Å²) in [7, 11) is -0.693. The highest BCUT2D eigenvalue weighted by molar-refractivity contribution is 7.92. The van der Waals surface area contributed by atoms with Gasteiger partial charge in [0.2, 0.25) is 5.91 Å². The third-order valence-corrected chi connectivity index (χ3v) is 4.86. The summed E-state index contributed by atoms with van der Waals surface area (Å²) in [6.45, 7) is 1.53. The number of carbonyl (C=O) groups excluding carboxylic acids is 1. The van der Waals surface area contributed by atoms with Crippen LogP contribution in [0.2, 0.25) is 0 Å². The Morgan fingerprint density at radius 1 is 1.12 bits per heavy atom. The molecule has 0 unspecified atom stereocenters. The predicted molar refractivity (Wildman–Crippen MR) is 91.4 cm³/mol. The zero-order chi connectivity index (χ0) is 17.9. The van der Waals surface area contributed by atoms with Crippen molar-refractivity contribution >= 4 is 21.6 Å². The second kappa shape index (κ2) is 6.88. The van der Waals surface area contributed by atoms with Gasteiger partial charge >= 0.3 is 0 Å². The van der Waals surface area contributed by atoms with Gasteiger partial charge in [0.1, 0.15) is 12.2 Å². The van der Waals surface area contributed by atoms with Crippen LogP contribution >= 0.6 is 0 Å². The number of likely N-dealkylation sites (N-methyl/N-ethyl adjacent to an activating group) is 1. The van der Waals surface area contributed by atoms with E-state index in [1.54, 1.807) is 45.3 Å². The quantitative estimate of drug-likeness (QED) is 0.874. The van der Waals surface area contributed by atoms with E-state index in [0.29, 0.717) is 5.69 Å². The number of nitrogens with one attached hydrogen (secondary N) is 1. The first kappa shape index (κ1) is 17.7. The summed E-state index contributed by atoms with van der Waals surface area (Å²) in [5, 5.41) is 0. The molecular weight excluding hydrogens is 330 g/mol. The van der Waals surface area contributed by atoms with Gasteiger partial charge in [-0.2, -0.15) is 0 Å². The summed E-state index contributed by atoms with van der Waals surface area (Å²) >= 11 is 0. The lowest BCUT2D eigenvalue weighted by Crippen LogP contribution is -2.34. The van der Waals surface area contributed by atoms with Crippen molar-refractivity contribution in [1.82, 2.24) is 9.47 Å². The fourth-order valence-corrected chi connectivity index (χ4v) is 3.10. The molecule has 0 bridgehead atoms. The van der Waals surface area contributed by atoms with E-state index < -0.39 is 15.6 Å². The zero-order valence-corrected chi connectivity index (χ0v) is 14.5. The molecule has 0 aliphatic carbocycles. The van der Waals surface area contributed by atoms with Gasteiger partial charge in [-0.05, 0) is 31.2 Å². The molecule has 1 amide bonds. The van der Waals surface area contributed by atoms with Crippen molar-refractivity contribution in [1.29, 1.82) is 0 Å². The van der Waals surface area contributed by atoms with Gasteiger partial charge in [0.05, 0.1) is 4.90 Å². The van der Waals surface area contributed by atoms with Crippen LogP contribution in [0.3, 0.4) is 0 Å². The molecule has 1 aromatic carbocycles. The zero-order valence-electron chi connectivity index (χ0n) is 13.7. The highest BCUT2D eigenvalue weighted by Crippen LogP contribution is 2.13. The fraction of sp³-hybridized carbons (Fsp3) is 0.250. The van der Waals surface area contributed by atoms with E-state index in [0.717, 1.165) is 0 Å². The molecule has 0 spiro atoms. The van der Waals surface area contributed by atoms with E-state index >= 15 is 0 Å². The minimum atomic E-state index is -3.87. The monoisotopic (exact) mass is 349 g/mol. The molecule has 0 saturated heterocycles. The van der Waals surface area contributed by atoms with Crippen LogP contribution < -0.4 is 10.3 Å². The Kier molecular flexibility index (Phi) is 5.08. The lowest BCUT2D eigenvalue weighted by atomic mass is 10.3. The van der Waals surface area contributed by atoms with Crippen molar-refractivity contribution in [3.63, 3.8) is 0 Å². The molecule has 0 radical (unpaired) electrons. The van der Waals surface area contributed by atoms with Crippen LogP contribution in [0.5, 0.6) is 0 Å². The molecule has 8 heteroatoms. The number of sulfonamides is 1. The molecule has 2 rings (SSSR count). The maximum absolute atomic E-state index is 12.5. The minimum absolute atomic E-state index is 0.0564. The third kappa shape index (κ3) is 3.83. The van der Waals surface area contributed by atoms with Crippen molar-refractivity contribution in [2.45, 2.75) is 18.4 Å². The minimum Gasteiger partial charge on any atom is -0.347 e. The molecule has 0 aliphatic heterocycles. The number of benzene rings is 1. The Hall–Kier alpha value is -2.61. The number of amides is 1. The molecule has 0 atom stereocenters. The van der Waals surface area contributed by atoms with E-state index in [9.17, 15) is 18.0 Å². The molecule has 0 saturated carbocycles. The number of pyridine rings is 1. The highest BCUT2D eigenvalue weighted by atomic mass is 32.2. The molecule has 1 heterocycles. The number of aromatic nitrogens is 1. The van der Waals surface area contributed by atoms with Crippen LogP contribution in [-0.2, 0) is 21.4 Å². The van der Waals surface area contributed by atoms with E-state index in [2.05, 4.69) is 4.72 Å². The summed E-state index contributed by atoms with van der Waals surface area (Å²) in [5.74, 6) is -0.261. The fourth-order valence-electron chi connectivity index (χ4n) is 2.02. The first-order valence-electron chi connectivity index (χ1n) is 7.21. The molecule has 7 nitrogen and oxygen atoms in total. The molecule has 0 fully saturated rings. The first-order valence-corrected chi connectivity index (χ1v) is 8.69. The molecule has 24 heavy (non-hydrogen) atoms. The Balaban J connectivity index is 2.39. The highest BCUT2D eigenvalue weighted by Gasteiger charge is 2.18. The predicted octanol–water partition coefficient (Wildman–Crippen LogP) is 1.05. The Labute approximate surface area is 140 Å². The number of anilines is 1. The standard InChI is InChI=1S/C16H19N3O4S/c1-12-9-10-14(16(21)19(12)11-15(20)18(2)3)17-24(22,23)13-7-5-4-6-8-13/h4-10,17H,11H2,1-3H3. The number of hydrogen-bond acceptors (Lipinski definition) is 4. The second-order valence-electron chi connectivity index (χ2n) is 5.49. The third-order valence-electron chi connectivity index (χ3n) is 3.48. The van der Waals surface area contributed by atoms with Crippen molar-refractivity contribution in [2.24, 2.45) is 0 Å². The number of nitrogens with zero attached hydrogens (tertiary/aromatic N) is 2. The van der Waals surface area contributed by atoms with Gasteiger partial charge < -0.3 is 9.47 Å². The Bertz CT molecular complexity index is 903.